The molecule has 0 aliphatic carbocycles. The van der Waals surface area contributed by atoms with Crippen LogP contribution in [-0.4, -0.2) is 13.0 Å². The Labute approximate surface area is 161 Å². The summed E-state index contributed by atoms with van der Waals surface area (Å²) in [7, 11) is 1.51. The topological polar surface area (TPSA) is 47.6 Å². The van der Waals surface area contributed by atoms with Gasteiger partial charge >= 0.3 is 0 Å². The van der Waals surface area contributed by atoms with Gasteiger partial charge in [0.15, 0.2) is 11.5 Å². The maximum Gasteiger partial charge on any atom is 0.255 e. The summed E-state index contributed by atoms with van der Waals surface area (Å²) in [5.74, 6) is 0.266. The number of amides is 1. The number of hydrogen-bond acceptors (Lipinski definition) is 3. The van der Waals surface area contributed by atoms with Gasteiger partial charge in [0.05, 0.1) is 7.11 Å². The largest absolute Gasteiger partial charge is 0.493 e. The summed E-state index contributed by atoms with van der Waals surface area (Å²) in [6.45, 7) is 0.342. The average molecular weight is 386 g/mol. The van der Waals surface area contributed by atoms with Crippen molar-refractivity contribution >= 4 is 23.2 Å². The Kier molecular flexibility index (Phi) is 5.94. The third kappa shape index (κ3) is 4.99. The second-order valence-electron chi connectivity index (χ2n) is 5.74. The van der Waals surface area contributed by atoms with E-state index in [1.807, 2.05) is 12.1 Å². The molecule has 138 valence electrons. The Bertz CT molecular complexity index is 927. The molecule has 4 nitrogen and oxygen atoms in total. The quantitative estimate of drug-likeness (QED) is 0.624. The van der Waals surface area contributed by atoms with Crippen LogP contribution < -0.4 is 14.8 Å². The zero-order valence-electron chi connectivity index (χ0n) is 14.5. The zero-order chi connectivity index (χ0) is 19.2. The third-order valence-corrected chi connectivity index (χ3v) is 4.09. The molecule has 3 aromatic rings. The van der Waals surface area contributed by atoms with Crippen molar-refractivity contribution < 1.29 is 18.7 Å². The van der Waals surface area contributed by atoms with E-state index < -0.39 is 0 Å². The van der Waals surface area contributed by atoms with Crippen molar-refractivity contribution in [1.29, 1.82) is 0 Å². The van der Waals surface area contributed by atoms with E-state index in [1.54, 1.807) is 30.3 Å². The van der Waals surface area contributed by atoms with Crippen molar-refractivity contribution in [2.24, 2.45) is 0 Å². The Morgan fingerprint density at radius 1 is 1.00 bits per heavy atom. The number of anilines is 1. The van der Waals surface area contributed by atoms with Crippen LogP contribution in [0.4, 0.5) is 10.1 Å². The maximum atomic E-state index is 13.0. The number of carbonyl (C=O) groups excluding carboxylic acids is 1. The highest BCUT2D eigenvalue weighted by molar-refractivity contribution is 6.30. The van der Waals surface area contributed by atoms with Crippen molar-refractivity contribution in [3.05, 3.63) is 88.7 Å². The first kappa shape index (κ1) is 18.7. The molecule has 3 aromatic carbocycles. The number of rotatable bonds is 6. The molecule has 1 N–H and O–H groups in total. The maximum absolute atomic E-state index is 13.0. The highest BCUT2D eigenvalue weighted by Crippen LogP contribution is 2.29. The van der Waals surface area contributed by atoms with E-state index in [9.17, 15) is 9.18 Å². The van der Waals surface area contributed by atoms with E-state index in [0.29, 0.717) is 34.4 Å². The Morgan fingerprint density at radius 2 is 1.70 bits per heavy atom. The lowest BCUT2D eigenvalue weighted by Gasteiger charge is -2.12. The summed E-state index contributed by atoms with van der Waals surface area (Å²) in [6, 6.07) is 17.8. The molecule has 0 aliphatic rings. The van der Waals surface area contributed by atoms with Gasteiger partial charge in [0, 0.05) is 16.3 Å². The Balaban J connectivity index is 1.70. The molecule has 0 radical (unpaired) electrons. The van der Waals surface area contributed by atoms with Gasteiger partial charge in [-0.1, -0.05) is 23.7 Å². The summed E-state index contributed by atoms with van der Waals surface area (Å²) >= 11 is 5.87. The van der Waals surface area contributed by atoms with E-state index >= 15 is 0 Å². The van der Waals surface area contributed by atoms with Crippen LogP contribution in [0.15, 0.2) is 66.7 Å². The van der Waals surface area contributed by atoms with Crippen LogP contribution in [0, 0.1) is 5.82 Å². The first-order valence-corrected chi connectivity index (χ1v) is 8.55. The number of benzene rings is 3. The molecular formula is C21H17ClFNO3. The molecule has 0 unspecified atom stereocenters. The fourth-order valence-electron chi connectivity index (χ4n) is 2.41. The number of nitrogens with one attached hydrogen (secondary N) is 1. The minimum absolute atomic E-state index is 0.329. The zero-order valence-corrected chi connectivity index (χ0v) is 15.3. The second kappa shape index (κ2) is 8.56. The number of carbonyl (C=O) groups is 1. The van der Waals surface area contributed by atoms with Crippen LogP contribution in [0.1, 0.15) is 15.9 Å². The number of methoxy groups -OCH3 is 1. The predicted molar refractivity (Wildman–Crippen MR) is 103 cm³/mol. The van der Waals surface area contributed by atoms with Gasteiger partial charge in [0.1, 0.15) is 12.4 Å². The normalized spacial score (nSPS) is 10.3. The molecule has 0 saturated carbocycles. The van der Waals surface area contributed by atoms with Crippen LogP contribution in [0.5, 0.6) is 11.5 Å². The van der Waals surface area contributed by atoms with E-state index in [-0.39, 0.29) is 11.7 Å². The standard InChI is InChI=1S/C21H17ClFNO3/c1-26-20-12-15(21(25)24-18-9-7-17(23)8-10-18)4-11-19(20)27-13-14-2-5-16(22)6-3-14/h2-12H,13H2,1H3,(H,24,25). The second-order valence-corrected chi connectivity index (χ2v) is 6.18. The fourth-order valence-corrected chi connectivity index (χ4v) is 2.53. The van der Waals surface area contributed by atoms with Crippen molar-refractivity contribution in [3.8, 4) is 11.5 Å². The van der Waals surface area contributed by atoms with E-state index in [0.717, 1.165) is 5.56 Å². The predicted octanol–water partition coefficient (Wildman–Crippen LogP) is 5.32. The third-order valence-electron chi connectivity index (χ3n) is 3.84. The Morgan fingerprint density at radius 3 is 2.37 bits per heavy atom. The minimum atomic E-state index is -0.364. The lowest BCUT2D eigenvalue weighted by Crippen LogP contribution is -2.12. The SMILES string of the molecule is COc1cc(C(=O)Nc2ccc(F)cc2)ccc1OCc1ccc(Cl)cc1. The Hall–Kier alpha value is -3.05. The average Bonchev–Trinajstić information content (AvgIpc) is 2.69. The van der Waals surface area contributed by atoms with Crippen LogP contribution in [0.25, 0.3) is 0 Å². The first-order chi connectivity index (χ1) is 13.0. The molecule has 0 spiro atoms. The number of ether oxygens (including phenoxy) is 2. The van der Waals surface area contributed by atoms with E-state index in [4.69, 9.17) is 21.1 Å². The number of hydrogen-bond donors (Lipinski definition) is 1. The van der Waals surface area contributed by atoms with E-state index in [1.165, 1.54) is 31.4 Å². The first-order valence-electron chi connectivity index (χ1n) is 8.17. The highest BCUT2D eigenvalue weighted by Gasteiger charge is 2.12. The monoisotopic (exact) mass is 385 g/mol. The molecule has 3 rings (SSSR count). The van der Waals surface area contributed by atoms with Gasteiger partial charge < -0.3 is 14.8 Å². The molecule has 27 heavy (non-hydrogen) atoms. The van der Waals surface area contributed by atoms with Crippen molar-refractivity contribution in [1.82, 2.24) is 0 Å². The van der Waals surface area contributed by atoms with Gasteiger partial charge in [0.25, 0.3) is 5.91 Å². The summed E-state index contributed by atoms with van der Waals surface area (Å²) < 4.78 is 24.1. The van der Waals surface area contributed by atoms with Gasteiger partial charge in [-0.3, -0.25) is 4.79 Å². The van der Waals surface area contributed by atoms with E-state index in [2.05, 4.69) is 5.32 Å². The van der Waals surface area contributed by atoms with Crippen LogP contribution >= 0.6 is 11.6 Å². The van der Waals surface area contributed by atoms with Crippen molar-refractivity contribution in [2.75, 3.05) is 12.4 Å². The molecule has 0 bridgehead atoms. The smallest absolute Gasteiger partial charge is 0.255 e. The van der Waals surface area contributed by atoms with Gasteiger partial charge in [0.2, 0.25) is 0 Å². The number of halogens is 2. The molecule has 1 amide bonds. The fraction of sp³-hybridized carbons (Fsp3) is 0.0952. The molecule has 0 fully saturated rings. The summed E-state index contributed by atoms with van der Waals surface area (Å²) in [5, 5.41) is 3.36. The molecule has 0 aromatic heterocycles. The van der Waals surface area contributed by atoms with Gasteiger partial charge in [-0.2, -0.15) is 0 Å². The summed E-state index contributed by atoms with van der Waals surface area (Å²) in [4.78, 5) is 12.4. The molecule has 0 heterocycles. The lowest BCUT2D eigenvalue weighted by atomic mass is 10.1. The molecule has 0 aliphatic heterocycles. The highest BCUT2D eigenvalue weighted by atomic mass is 35.5. The van der Waals surface area contributed by atoms with Gasteiger partial charge in [-0.15, -0.1) is 0 Å². The molecular weight excluding hydrogens is 369 g/mol. The van der Waals surface area contributed by atoms with Crippen LogP contribution in [0.2, 0.25) is 5.02 Å². The van der Waals surface area contributed by atoms with Crippen molar-refractivity contribution in [3.63, 3.8) is 0 Å². The lowest BCUT2D eigenvalue weighted by molar-refractivity contribution is 0.102. The summed E-state index contributed by atoms with van der Waals surface area (Å²) in [6.07, 6.45) is 0. The van der Waals surface area contributed by atoms with Gasteiger partial charge in [-0.05, 0) is 60.2 Å². The minimum Gasteiger partial charge on any atom is -0.493 e. The van der Waals surface area contributed by atoms with Gasteiger partial charge in [-0.25, -0.2) is 4.39 Å². The molecule has 6 heteroatoms. The van der Waals surface area contributed by atoms with Crippen molar-refractivity contribution in [2.45, 2.75) is 6.61 Å². The molecule has 0 atom stereocenters. The van der Waals surface area contributed by atoms with Crippen LogP contribution in [-0.2, 0) is 6.61 Å². The summed E-state index contributed by atoms with van der Waals surface area (Å²) in [5.41, 5.74) is 1.86. The molecule has 0 saturated heterocycles. The van der Waals surface area contributed by atoms with Crippen LogP contribution in [0.3, 0.4) is 0 Å².